The van der Waals surface area contributed by atoms with Crippen LogP contribution in [0.1, 0.15) is 6.42 Å². The summed E-state index contributed by atoms with van der Waals surface area (Å²) in [6.07, 6.45) is -4.21. The fraction of sp³-hybridized carbons (Fsp3) is 0.222. The van der Waals surface area contributed by atoms with Gasteiger partial charge in [-0.1, -0.05) is 18.2 Å². The number of aldehydes is 1. The van der Waals surface area contributed by atoms with Crippen LogP contribution in [0.25, 0.3) is 0 Å². The van der Waals surface area contributed by atoms with Crippen molar-refractivity contribution in [1.82, 2.24) is 0 Å². The second kappa shape index (κ2) is 3.98. The zero-order valence-electron chi connectivity index (χ0n) is 6.74. The largest absolute Gasteiger partial charge is 0.432 e. The van der Waals surface area contributed by atoms with Crippen LogP contribution in [0.5, 0.6) is 5.75 Å². The van der Waals surface area contributed by atoms with E-state index in [2.05, 4.69) is 4.74 Å². The molecule has 0 N–H and O–H groups in total. The highest BCUT2D eigenvalue weighted by atomic mass is 19.3. The van der Waals surface area contributed by atoms with Crippen molar-refractivity contribution in [3.8, 4) is 5.75 Å². The third-order valence-corrected chi connectivity index (χ3v) is 1.33. The molecule has 0 aliphatic rings. The number of halogens is 2. The standard InChI is InChI=1S/C9H8F2O2/c10-9(11,6-7-12)13-8-4-2-1-3-5-8/h1-5,7H,6H2. The summed E-state index contributed by atoms with van der Waals surface area (Å²) in [5.74, 6) is 0.0503. The van der Waals surface area contributed by atoms with Gasteiger partial charge in [0, 0.05) is 0 Å². The summed E-state index contributed by atoms with van der Waals surface area (Å²) in [7, 11) is 0. The number of ether oxygens (including phenoxy) is 1. The van der Waals surface area contributed by atoms with Gasteiger partial charge in [-0.3, -0.25) is 0 Å². The van der Waals surface area contributed by atoms with Gasteiger partial charge in [0.15, 0.2) is 0 Å². The van der Waals surface area contributed by atoms with E-state index >= 15 is 0 Å². The Bertz CT molecular complexity index is 272. The molecule has 0 spiro atoms. The first kappa shape index (κ1) is 9.64. The van der Waals surface area contributed by atoms with E-state index in [1.165, 1.54) is 12.1 Å². The van der Waals surface area contributed by atoms with Crippen LogP contribution in [0.3, 0.4) is 0 Å². The molecule has 0 fully saturated rings. The summed E-state index contributed by atoms with van der Waals surface area (Å²) >= 11 is 0. The number of para-hydroxylation sites is 1. The number of carbonyl (C=O) groups excluding carboxylic acids is 1. The van der Waals surface area contributed by atoms with Gasteiger partial charge in [-0.05, 0) is 12.1 Å². The highest BCUT2D eigenvalue weighted by Crippen LogP contribution is 2.22. The summed E-state index contributed by atoms with van der Waals surface area (Å²) in [5.41, 5.74) is 0. The maximum Gasteiger partial charge on any atom is 0.404 e. The van der Waals surface area contributed by atoms with Crippen molar-refractivity contribution in [2.24, 2.45) is 0 Å². The third kappa shape index (κ3) is 3.19. The molecule has 0 saturated carbocycles. The van der Waals surface area contributed by atoms with E-state index < -0.39 is 12.5 Å². The molecular formula is C9H8F2O2. The van der Waals surface area contributed by atoms with Crippen LogP contribution >= 0.6 is 0 Å². The Labute approximate surface area is 74.1 Å². The Hall–Kier alpha value is -1.45. The lowest BCUT2D eigenvalue weighted by molar-refractivity contribution is -0.179. The van der Waals surface area contributed by atoms with E-state index in [4.69, 9.17) is 0 Å². The predicted molar refractivity (Wildman–Crippen MR) is 42.7 cm³/mol. The van der Waals surface area contributed by atoms with Crippen LogP contribution in [-0.2, 0) is 4.79 Å². The number of benzene rings is 1. The Morgan fingerprint density at radius 2 is 1.92 bits per heavy atom. The normalized spacial score (nSPS) is 10.9. The molecule has 0 unspecified atom stereocenters. The Morgan fingerprint density at radius 3 is 2.46 bits per heavy atom. The molecule has 0 atom stereocenters. The SMILES string of the molecule is O=CCC(F)(F)Oc1ccccc1. The van der Waals surface area contributed by atoms with Gasteiger partial charge in [-0.15, -0.1) is 0 Å². The van der Waals surface area contributed by atoms with Crippen molar-refractivity contribution >= 4 is 6.29 Å². The van der Waals surface area contributed by atoms with Gasteiger partial charge in [0.05, 0.1) is 0 Å². The fourth-order valence-corrected chi connectivity index (χ4v) is 0.800. The summed E-state index contributed by atoms with van der Waals surface area (Å²) in [6, 6.07) is 7.64. The Morgan fingerprint density at radius 1 is 1.31 bits per heavy atom. The first-order valence-electron chi connectivity index (χ1n) is 3.69. The average molecular weight is 186 g/mol. The molecule has 70 valence electrons. The summed E-state index contributed by atoms with van der Waals surface area (Å²) in [6.45, 7) is 0. The Kier molecular flexibility index (Phi) is 2.95. The van der Waals surface area contributed by atoms with E-state index in [9.17, 15) is 13.6 Å². The maximum absolute atomic E-state index is 12.7. The predicted octanol–water partition coefficient (Wildman–Crippen LogP) is 2.25. The Balaban J connectivity index is 2.63. The third-order valence-electron chi connectivity index (χ3n) is 1.33. The molecule has 0 aliphatic heterocycles. The first-order valence-corrected chi connectivity index (χ1v) is 3.69. The van der Waals surface area contributed by atoms with Gasteiger partial charge in [0.25, 0.3) is 0 Å². The van der Waals surface area contributed by atoms with E-state index in [-0.39, 0.29) is 12.0 Å². The summed E-state index contributed by atoms with van der Waals surface area (Å²) < 4.78 is 29.6. The van der Waals surface area contributed by atoms with Crippen LogP contribution in [0.15, 0.2) is 30.3 Å². The minimum Gasteiger partial charge on any atom is -0.432 e. The van der Waals surface area contributed by atoms with Crippen molar-refractivity contribution in [2.45, 2.75) is 12.5 Å². The van der Waals surface area contributed by atoms with Crippen molar-refractivity contribution < 1.29 is 18.3 Å². The maximum atomic E-state index is 12.7. The van der Waals surface area contributed by atoms with Gasteiger partial charge in [0.2, 0.25) is 0 Å². The van der Waals surface area contributed by atoms with E-state index in [1.54, 1.807) is 18.2 Å². The van der Waals surface area contributed by atoms with E-state index in [1.807, 2.05) is 0 Å². The average Bonchev–Trinajstić information content (AvgIpc) is 2.04. The highest BCUT2D eigenvalue weighted by Gasteiger charge is 2.30. The lowest BCUT2D eigenvalue weighted by atomic mass is 10.3. The zero-order chi connectivity index (χ0) is 9.73. The van der Waals surface area contributed by atoms with Gasteiger partial charge in [-0.25, -0.2) is 0 Å². The lowest BCUT2D eigenvalue weighted by Gasteiger charge is -2.14. The van der Waals surface area contributed by atoms with Crippen LogP contribution in [0, 0.1) is 0 Å². The van der Waals surface area contributed by atoms with E-state index in [0.717, 1.165) is 0 Å². The number of alkyl halides is 2. The molecule has 0 bridgehead atoms. The molecule has 0 amide bonds. The van der Waals surface area contributed by atoms with Crippen LogP contribution in [0.2, 0.25) is 0 Å². The van der Waals surface area contributed by atoms with Crippen LogP contribution in [0.4, 0.5) is 8.78 Å². The monoisotopic (exact) mass is 186 g/mol. The van der Waals surface area contributed by atoms with Gasteiger partial charge in [-0.2, -0.15) is 8.78 Å². The molecule has 13 heavy (non-hydrogen) atoms. The molecule has 0 aliphatic carbocycles. The fourth-order valence-electron chi connectivity index (χ4n) is 0.800. The molecule has 0 aromatic heterocycles. The van der Waals surface area contributed by atoms with Crippen molar-refractivity contribution in [2.75, 3.05) is 0 Å². The lowest BCUT2D eigenvalue weighted by Crippen LogP contribution is -2.24. The molecule has 2 nitrogen and oxygen atoms in total. The minimum absolute atomic E-state index is 0.0503. The molecule has 1 rings (SSSR count). The first-order chi connectivity index (χ1) is 6.14. The van der Waals surface area contributed by atoms with Crippen molar-refractivity contribution in [3.05, 3.63) is 30.3 Å². The number of rotatable bonds is 4. The second-order valence-electron chi connectivity index (χ2n) is 2.42. The zero-order valence-corrected chi connectivity index (χ0v) is 6.74. The van der Waals surface area contributed by atoms with Crippen LogP contribution in [-0.4, -0.2) is 12.4 Å². The van der Waals surface area contributed by atoms with Gasteiger partial charge < -0.3 is 9.53 Å². The minimum atomic E-state index is -3.41. The van der Waals surface area contributed by atoms with Gasteiger partial charge in [0.1, 0.15) is 18.5 Å². The summed E-state index contributed by atoms with van der Waals surface area (Å²) in [5, 5.41) is 0. The van der Waals surface area contributed by atoms with Crippen LogP contribution < -0.4 is 4.74 Å². The molecule has 4 heteroatoms. The van der Waals surface area contributed by atoms with Gasteiger partial charge >= 0.3 is 6.11 Å². The summed E-state index contributed by atoms with van der Waals surface area (Å²) in [4.78, 5) is 9.85. The highest BCUT2D eigenvalue weighted by molar-refractivity contribution is 5.50. The molecule has 1 aromatic rings. The molecule has 0 heterocycles. The second-order valence-corrected chi connectivity index (χ2v) is 2.42. The van der Waals surface area contributed by atoms with Crippen molar-refractivity contribution in [1.29, 1.82) is 0 Å². The quantitative estimate of drug-likeness (QED) is 0.674. The molecule has 1 aromatic carbocycles. The molecule has 0 radical (unpaired) electrons. The number of hydrogen-bond donors (Lipinski definition) is 0. The number of carbonyl (C=O) groups is 1. The van der Waals surface area contributed by atoms with E-state index in [0.29, 0.717) is 0 Å². The smallest absolute Gasteiger partial charge is 0.404 e. The topological polar surface area (TPSA) is 26.3 Å². The molecular weight excluding hydrogens is 178 g/mol. The van der Waals surface area contributed by atoms with Crippen molar-refractivity contribution in [3.63, 3.8) is 0 Å². The number of hydrogen-bond acceptors (Lipinski definition) is 2. The molecule has 0 saturated heterocycles.